The average molecular weight is 241 g/mol. The van der Waals surface area contributed by atoms with Crippen LogP contribution in [0.4, 0.5) is 5.69 Å². The molecule has 0 radical (unpaired) electrons. The van der Waals surface area contributed by atoms with E-state index in [9.17, 15) is 4.79 Å². The Balaban J connectivity index is 2.22. The second-order valence-corrected chi connectivity index (χ2v) is 3.96. The molecule has 1 aromatic rings. The maximum Gasteiger partial charge on any atom is 0.253 e. The van der Waals surface area contributed by atoms with Crippen LogP contribution in [0, 0.1) is 22.7 Å². The fourth-order valence-electron chi connectivity index (χ4n) is 1.84. The van der Waals surface area contributed by atoms with Gasteiger partial charge in [0.2, 0.25) is 0 Å². The van der Waals surface area contributed by atoms with Gasteiger partial charge in [-0.15, -0.1) is 0 Å². The summed E-state index contributed by atoms with van der Waals surface area (Å²) in [6.07, 6.45) is -0.0136. The molecule has 1 saturated heterocycles. The number of nitriles is 2. The molecule has 0 aromatic heterocycles. The smallest absolute Gasteiger partial charge is 0.253 e. The summed E-state index contributed by atoms with van der Waals surface area (Å²) in [5.41, 5.74) is 1.17. The van der Waals surface area contributed by atoms with Crippen molar-refractivity contribution < 1.29 is 9.53 Å². The molecule has 0 spiro atoms. The number of carbonyl (C=O) groups is 1. The van der Waals surface area contributed by atoms with Gasteiger partial charge in [-0.1, -0.05) is 6.07 Å². The van der Waals surface area contributed by atoms with Crippen LogP contribution in [0.2, 0.25) is 0 Å². The maximum atomic E-state index is 11.8. The third kappa shape index (κ3) is 2.48. The van der Waals surface area contributed by atoms with E-state index in [4.69, 9.17) is 15.3 Å². The standard InChI is InChI=1S/C13H11N3O2/c14-5-4-12-8-16(13(17)9-18-12)11-3-1-2-10(6-11)7-15/h1-3,6,12H,4,8-9H2. The molecule has 1 unspecified atom stereocenters. The number of amides is 1. The SMILES string of the molecule is N#CCC1CN(c2cccc(C#N)c2)C(=O)CO1. The Labute approximate surface area is 105 Å². The highest BCUT2D eigenvalue weighted by Gasteiger charge is 2.27. The van der Waals surface area contributed by atoms with Crippen LogP contribution in [0.25, 0.3) is 0 Å². The third-order valence-corrected chi connectivity index (χ3v) is 2.74. The molecule has 90 valence electrons. The molecule has 5 nitrogen and oxygen atoms in total. The van der Waals surface area contributed by atoms with E-state index < -0.39 is 0 Å². The number of benzene rings is 1. The summed E-state index contributed by atoms with van der Waals surface area (Å²) in [5.74, 6) is -0.153. The number of anilines is 1. The van der Waals surface area contributed by atoms with Gasteiger partial charge in [-0.05, 0) is 18.2 Å². The fourth-order valence-corrected chi connectivity index (χ4v) is 1.84. The van der Waals surface area contributed by atoms with E-state index in [2.05, 4.69) is 0 Å². The van der Waals surface area contributed by atoms with Gasteiger partial charge < -0.3 is 9.64 Å². The lowest BCUT2D eigenvalue weighted by Gasteiger charge is -2.31. The number of carbonyl (C=O) groups excluding carboxylic acids is 1. The topological polar surface area (TPSA) is 77.1 Å². The zero-order chi connectivity index (χ0) is 13.0. The van der Waals surface area contributed by atoms with Gasteiger partial charge >= 0.3 is 0 Å². The number of morpholine rings is 1. The van der Waals surface area contributed by atoms with Gasteiger partial charge in [0.25, 0.3) is 5.91 Å². The van der Waals surface area contributed by atoms with E-state index in [1.54, 1.807) is 29.2 Å². The Kier molecular flexibility index (Phi) is 3.57. The lowest BCUT2D eigenvalue weighted by atomic mass is 10.1. The molecule has 18 heavy (non-hydrogen) atoms. The predicted molar refractivity (Wildman–Crippen MR) is 63.5 cm³/mol. The number of nitrogens with zero attached hydrogens (tertiary/aromatic N) is 3. The van der Waals surface area contributed by atoms with Gasteiger partial charge in [0.15, 0.2) is 0 Å². The molecule has 1 fully saturated rings. The summed E-state index contributed by atoms with van der Waals surface area (Å²) in [4.78, 5) is 13.3. The van der Waals surface area contributed by atoms with Crippen molar-refractivity contribution in [3.8, 4) is 12.1 Å². The Hall–Kier alpha value is -2.37. The lowest BCUT2D eigenvalue weighted by molar-refractivity contribution is -0.129. The van der Waals surface area contributed by atoms with Crippen molar-refractivity contribution in [1.82, 2.24) is 0 Å². The Bertz CT molecular complexity index is 542. The predicted octanol–water partition coefficient (Wildman–Crippen LogP) is 1.20. The second-order valence-electron chi connectivity index (χ2n) is 3.96. The Morgan fingerprint density at radius 2 is 2.28 bits per heavy atom. The van der Waals surface area contributed by atoms with Crippen LogP contribution in [-0.4, -0.2) is 25.2 Å². The largest absolute Gasteiger partial charge is 0.365 e. The third-order valence-electron chi connectivity index (χ3n) is 2.74. The van der Waals surface area contributed by atoms with Crippen molar-refractivity contribution in [2.24, 2.45) is 0 Å². The minimum absolute atomic E-state index is 0.0247. The summed E-state index contributed by atoms with van der Waals surface area (Å²) in [6, 6.07) is 10.9. The quantitative estimate of drug-likeness (QED) is 0.779. The fraction of sp³-hybridized carbons (Fsp3) is 0.308. The van der Waals surface area contributed by atoms with E-state index in [1.807, 2.05) is 12.1 Å². The summed E-state index contributed by atoms with van der Waals surface area (Å²) >= 11 is 0. The maximum absolute atomic E-state index is 11.8. The van der Waals surface area contributed by atoms with Crippen LogP contribution >= 0.6 is 0 Å². The molecule has 1 aliphatic rings. The summed E-state index contributed by atoms with van der Waals surface area (Å²) < 4.78 is 5.26. The molecular formula is C13H11N3O2. The first kappa shape index (κ1) is 12.1. The highest BCUT2D eigenvalue weighted by molar-refractivity contribution is 5.95. The molecule has 2 rings (SSSR count). The number of rotatable bonds is 2. The van der Waals surface area contributed by atoms with E-state index in [0.717, 1.165) is 0 Å². The number of hydrogen-bond donors (Lipinski definition) is 0. The molecule has 1 aliphatic heterocycles. The molecule has 5 heteroatoms. The molecule has 1 atom stereocenters. The highest BCUT2D eigenvalue weighted by atomic mass is 16.5. The Morgan fingerprint density at radius 1 is 1.44 bits per heavy atom. The Morgan fingerprint density at radius 3 is 3.00 bits per heavy atom. The van der Waals surface area contributed by atoms with Crippen molar-refractivity contribution in [1.29, 1.82) is 10.5 Å². The van der Waals surface area contributed by atoms with E-state index >= 15 is 0 Å². The minimum atomic E-state index is -0.265. The molecule has 0 aliphatic carbocycles. The van der Waals surface area contributed by atoms with Crippen LogP contribution < -0.4 is 4.90 Å². The summed E-state index contributed by atoms with van der Waals surface area (Å²) in [7, 11) is 0. The van der Waals surface area contributed by atoms with Gasteiger partial charge in [-0.3, -0.25) is 4.79 Å². The first-order chi connectivity index (χ1) is 8.74. The van der Waals surface area contributed by atoms with Gasteiger partial charge in [-0.2, -0.15) is 10.5 Å². The van der Waals surface area contributed by atoms with Crippen molar-refractivity contribution >= 4 is 11.6 Å². The number of hydrogen-bond acceptors (Lipinski definition) is 4. The lowest BCUT2D eigenvalue weighted by Crippen LogP contribution is -2.46. The van der Waals surface area contributed by atoms with Crippen molar-refractivity contribution in [3.63, 3.8) is 0 Å². The van der Waals surface area contributed by atoms with Crippen LogP contribution in [0.3, 0.4) is 0 Å². The van der Waals surface area contributed by atoms with Crippen LogP contribution in [0.15, 0.2) is 24.3 Å². The monoisotopic (exact) mass is 241 g/mol. The molecule has 1 heterocycles. The molecule has 0 N–H and O–H groups in total. The van der Waals surface area contributed by atoms with Crippen molar-refractivity contribution in [3.05, 3.63) is 29.8 Å². The van der Waals surface area contributed by atoms with Gasteiger partial charge in [0, 0.05) is 5.69 Å². The van der Waals surface area contributed by atoms with Crippen LogP contribution in [0.5, 0.6) is 0 Å². The minimum Gasteiger partial charge on any atom is -0.365 e. The molecule has 1 aromatic carbocycles. The summed E-state index contributed by atoms with van der Waals surface area (Å²) in [5, 5.41) is 17.5. The van der Waals surface area contributed by atoms with Gasteiger partial charge in [0.05, 0.1) is 36.8 Å². The van der Waals surface area contributed by atoms with E-state index in [-0.39, 0.29) is 25.0 Å². The highest BCUT2D eigenvalue weighted by Crippen LogP contribution is 2.20. The zero-order valence-electron chi connectivity index (χ0n) is 9.67. The first-order valence-electron chi connectivity index (χ1n) is 5.53. The molecular weight excluding hydrogens is 230 g/mol. The van der Waals surface area contributed by atoms with Crippen LogP contribution in [0.1, 0.15) is 12.0 Å². The first-order valence-corrected chi connectivity index (χ1v) is 5.53. The van der Waals surface area contributed by atoms with Gasteiger partial charge in [0.1, 0.15) is 6.61 Å². The summed E-state index contributed by atoms with van der Waals surface area (Å²) in [6.45, 7) is 0.324. The van der Waals surface area contributed by atoms with E-state index in [0.29, 0.717) is 17.8 Å². The van der Waals surface area contributed by atoms with Gasteiger partial charge in [-0.25, -0.2) is 0 Å². The molecule has 0 bridgehead atoms. The molecule has 0 saturated carbocycles. The normalized spacial score (nSPS) is 19.1. The zero-order valence-corrected chi connectivity index (χ0v) is 9.67. The molecule has 1 amide bonds. The average Bonchev–Trinajstić information content (AvgIpc) is 2.41. The number of ether oxygens (including phenoxy) is 1. The van der Waals surface area contributed by atoms with Crippen molar-refractivity contribution in [2.75, 3.05) is 18.1 Å². The second kappa shape index (κ2) is 5.31. The van der Waals surface area contributed by atoms with E-state index in [1.165, 1.54) is 0 Å². The van der Waals surface area contributed by atoms with Crippen molar-refractivity contribution in [2.45, 2.75) is 12.5 Å². The van der Waals surface area contributed by atoms with Crippen LogP contribution in [-0.2, 0) is 9.53 Å².